The molecule has 0 spiro atoms. The third kappa shape index (κ3) is 5.80. The summed E-state index contributed by atoms with van der Waals surface area (Å²) in [7, 11) is 0. The molecule has 0 fully saturated rings. The Hall–Kier alpha value is -3.99. The van der Waals surface area contributed by atoms with Gasteiger partial charge in [0.2, 0.25) is 6.23 Å². The molecule has 1 atom stereocenters. The fraction of sp³-hybridized carbons (Fsp3) is 0.364. The second kappa shape index (κ2) is 9.94. The molecule has 2 aromatic heterocycles. The van der Waals surface area contributed by atoms with Gasteiger partial charge in [-0.2, -0.15) is 18.4 Å². The van der Waals surface area contributed by atoms with Crippen LogP contribution in [0, 0.1) is 23.7 Å². The topological polar surface area (TPSA) is 140 Å². The van der Waals surface area contributed by atoms with Gasteiger partial charge in [0.05, 0.1) is 11.0 Å². The summed E-state index contributed by atoms with van der Waals surface area (Å²) in [5.41, 5.74) is -1.36. The zero-order chi connectivity index (χ0) is 26.8. The number of rotatable bonds is 7. The molecule has 1 N–H and O–H groups in total. The molecule has 10 nitrogen and oxygen atoms in total. The second-order valence-electron chi connectivity index (χ2n) is 8.27. The lowest BCUT2D eigenvalue weighted by atomic mass is 9.95. The number of aliphatic carboxylic acids is 1. The number of aryl methyl sites for hydroxylation is 1. The highest BCUT2D eigenvalue weighted by molar-refractivity contribution is 7.15. The number of nitrogens with zero attached hydrogens (tertiary/aromatic N) is 5. The minimum Gasteiger partial charge on any atom is -0.481 e. The van der Waals surface area contributed by atoms with Gasteiger partial charge in [0, 0.05) is 10.4 Å². The van der Waals surface area contributed by atoms with Gasteiger partial charge in [-0.1, -0.05) is 12.1 Å². The van der Waals surface area contributed by atoms with Gasteiger partial charge >= 0.3 is 18.3 Å². The van der Waals surface area contributed by atoms with E-state index in [4.69, 9.17) is 14.6 Å². The van der Waals surface area contributed by atoms with Crippen LogP contribution in [-0.4, -0.2) is 43.8 Å². The van der Waals surface area contributed by atoms with E-state index in [0.717, 1.165) is 16.9 Å². The Bertz CT molecular complexity index is 1330. The number of benzene rings is 1. The molecule has 0 bridgehead atoms. The summed E-state index contributed by atoms with van der Waals surface area (Å²) in [6.07, 6.45) is -6.72. The number of hydrogen-bond acceptors (Lipinski definition) is 9. The van der Waals surface area contributed by atoms with E-state index in [1.807, 2.05) is 6.07 Å². The molecule has 14 heteroatoms. The predicted molar refractivity (Wildman–Crippen MR) is 120 cm³/mol. The Morgan fingerprint density at radius 3 is 2.39 bits per heavy atom. The molecule has 36 heavy (non-hydrogen) atoms. The largest absolute Gasteiger partial charge is 0.510 e. The molecule has 2 heterocycles. The first kappa shape index (κ1) is 26.6. The molecule has 3 aromatic rings. The first-order valence-corrected chi connectivity index (χ1v) is 11.1. The fourth-order valence-corrected chi connectivity index (χ4v) is 3.70. The normalized spacial score (nSPS) is 12.6. The van der Waals surface area contributed by atoms with Crippen LogP contribution in [0.5, 0.6) is 0 Å². The average molecular weight is 523 g/mol. The van der Waals surface area contributed by atoms with E-state index in [1.54, 1.807) is 6.92 Å². The Labute approximate surface area is 206 Å². The molecule has 0 aliphatic carbocycles. The van der Waals surface area contributed by atoms with E-state index in [2.05, 4.69) is 15.2 Å². The van der Waals surface area contributed by atoms with Gasteiger partial charge in [0.15, 0.2) is 11.4 Å². The number of thiazole rings is 1. The summed E-state index contributed by atoms with van der Waals surface area (Å²) in [6.45, 7) is 5.45. The van der Waals surface area contributed by atoms with E-state index in [9.17, 15) is 28.0 Å². The Kier molecular flexibility index (Phi) is 7.35. The Morgan fingerprint density at radius 1 is 1.19 bits per heavy atom. The maximum atomic E-state index is 12.8. The number of hydrogen-bond donors (Lipinski definition) is 1. The summed E-state index contributed by atoms with van der Waals surface area (Å²) in [4.78, 5) is 29.1. The van der Waals surface area contributed by atoms with E-state index < -0.39 is 42.1 Å². The van der Waals surface area contributed by atoms with E-state index >= 15 is 0 Å². The van der Waals surface area contributed by atoms with Crippen molar-refractivity contribution in [1.82, 2.24) is 20.0 Å². The number of nitriles is 1. The van der Waals surface area contributed by atoms with Crippen LogP contribution >= 0.6 is 11.3 Å². The molecular weight excluding hydrogens is 503 g/mol. The number of carbonyl (C=O) groups is 2. The first-order valence-electron chi connectivity index (χ1n) is 10.3. The smallest absolute Gasteiger partial charge is 0.481 e. The average Bonchev–Trinajstić information content (AvgIpc) is 3.40. The standard InChI is InChI=1S/C22H20F3N5O5S/c1-11-16(27-18(36-11)13-5-7-14(8-6-13)22(23,24)25)17-15(9-26)28-30(29-17)12(2)35-20(33)34-10-21(3,4)19(31)32/h5-8,12H,10H2,1-4H3,(H,31,32). The van der Waals surface area contributed by atoms with Crippen molar-refractivity contribution in [2.75, 3.05) is 6.61 Å². The number of halogens is 3. The number of carboxylic acid groups (broad SMARTS) is 1. The van der Waals surface area contributed by atoms with E-state index in [-0.39, 0.29) is 11.4 Å². The molecular formula is C22H20F3N5O5S. The number of carboxylic acids is 1. The van der Waals surface area contributed by atoms with Crippen LogP contribution in [0.4, 0.5) is 18.0 Å². The molecule has 0 aliphatic heterocycles. The SMILES string of the molecule is Cc1sc(-c2ccc(C(F)(F)F)cc2)nc1-c1nn(C(C)OC(=O)OCC(C)(C)C(=O)O)nc1C#N. The van der Waals surface area contributed by atoms with Gasteiger partial charge < -0.3 is 14.6 Å². The van der Waals surface area contributed by atoms with Crippen molar-refractivity contribution in [3.63, 3.8) is 0 Å². The van der Waals surface area contributed by atoms with E-state index in [0.29, 0.717) is 21.1 Å². The van der Waals surface area contributed by atoms with Gasteiger partial charge in [0.1, 0.15) is 23.4 Å². The van der Waals surface area contributed by atoms with Crippen molar-refractivity contribution in [2.45, 2.75) is 40.1 Å². The van der Waals surface area contributed by atoms with Crippen molar-refractivity contribution < 1.29 is 37.3 Å². The number of alkyl halides is 3. The Morgan fingerprint density at radius 2 is 1.83 bits per heavy atom. The lowest BCUT2D eigenvalue weighted by molar-refractivity contribution is -0.149. The van der Waals surface area contributed by atoms with Gasteiger partial charge in [-0.25, -0.2) is 9.78 Å². The highest BCUT2D eigenvalue weighted by atomic mass is 32.1. The summed E-state index contributed by atoms with van der Waals surface area (Å²) in [6, 6.07) is 6.41. The molecule has 0 radical (unpaired) electrons. The number of ether oxygens (including phenoxy) is 2. The van der Waals surface area contributed by atoms with Crippen molar-refractivity contribution >= 4 is 23.5 Å². The van der Waals surface area contributed by atoms with Crippen LogP contribution in [-0.2, 0) is 20.4 Å². The highest BCUT2D eigenvalue weighted by Crippen LogP contribution is 2.35. The van der Waals surface area contributed by atoms with Gasteiger partial charge in [0.25, 0.3) is 0 Å². The van der Waals surface area contributed by atoms with Gasteiger partial charge in [-0.05, 0) is 39.8 Å². The Balaban J connectivity index is 1.80. The van der Waals surface area contributed by atoms with Gasteiger partial charge in [-0.3, -0.25) is 4.79 Å². The van der Waals surface area contributed by atoms with Crippen LogP contribution in [0.1, 0.15) is 43.1 Å². The van der Waals surface area contributed by atoms with Crippen LogP contribution in [0.2, 0.25) is 0 Å². The monoisotopic (exact) mass is 523 g/mol. The summed E-state index contributed by atoms with van der Waals surface area (Å²) < 4.78 is 48.5. The van der Waals surface area contributed by atoms with Crippen molar-refractivity contribution in [1.29, 1.82) is 5.26 Å². The minimum atomic E-state index is -4.46. The quantitative estimate of drug-likeness (QED) is 0.421. The van der Waals surface area contributed by atoms with Crippen molar-refractivity contribution in [3.8, 4) is 28.0 Å². The molecule has 1 aromatic carbocycles. The fourth-order valence-electron chi connectivity index (χ4n) is 2.78. The van der Waals surface area contributed by atoms with Crippen LogP contribution in [0.25, 0.3) is 22.0 Å². The summed E-state index contributed by atoms with van der Waals surface area (Å²) in [5.74, 6) is -1.16. The number of carbonyl (C=O) groups excluding carboxylic acids is 1. The van der Waals surface area contributed by atoms with Crippen LogP contribution in [0.15, 0.2) is 24.3 Å². The second-order valence-corrected chi connectivity index (χ2v) is 9.48. The highest BCUT2D eigenvalue weighted by Gasteiger charge is 2.31. The third-order valence-electron chi connectivity index (χ3n) is 4.94. The third-order valence-corrected chi connectivity index (χ3v) is 5.96. The zero-order valence-electron chi connectivity index (χ0n) is 19.5. The predicted octanol–water partition coefficient (Wildman–Crippen LogP) is 5.05. The van der Waals surface area contributed by atoms with Crippen molar-refractivity contribution in [2.24, 2.45) is 5.41 Å². The molecule has 190 valence electrons. The van der Waals surface area contributed by atoms with Crippen LogP contribution < -0.4 is 0 Å². The molecule has 0 saturated heterocycles. The minimum absolute atomic E-state index is 0.0974. The first-order chi connectivity index (χ1) is 16.7. The molecule has 3 rings (SSSR count). The lowest BCUT2D eigenvalue weighted by Crippen LogP contribution is -2.31. The maximum Gasteiger partial charge on any atom is 0.510 e. The molecule has 0 aliphatic rings. The molecule has 0 amide bonds. The van der Waals surface area contributed by atoms with Crippen LogP contribution in [0.3, 0.4) is 0 Å². The molecule has 0 saturated carbocycles. The van der Waals surface area contributed by atoms with E-state index in [1.165, 1.54) is 44.2 Å². The maximum absolute atomic E-state index is 12.8. The lowest BCUT2D eigenvalue weighted by Gasteiger charge is -2.19. The van der Waals surface area contributed by atoms with Gasteiger partial charge in [-0.15, -0.1) is 26.3 Å². The number of aromatic nitrogens is 4. The molecule has 1 unspecified atom stereocenters. The van der Waals surface area contributed by atoms with Crippen molar-refractivity contribution in [3.05, 3.63) is 40.4 Å². The summed E-state index contributed by atoms with van der Waals surface area (Å²) >= 11 is 1.20. The zero-order valence-corrected chi connectivity index (χ0v) is 20.3. The summed E-state index contributed by atoms with van der Waals surface area (Å²) in [5, 5.41) is 27.2.